The first kappa shape index (κ1) is 13.9. The van der Waals surface area contributed by atoms with Gasteiger partial charge >= 0.3 is 0 Å². The monoisotopic (exact) mass is 224 g/mol. The van der Waals surface area contributed by atoms with E-state index in [0.717, 1.165) is 0 Å². The lowest BCUT2D eigenvalue weighted by Gasteiger charge is -2.28. The van der Waals surface area contributed by atoms with Crippen LogP contribution in [0.5, 0.6) is 0 Å². The summed E-state index contributed by atoms with van der Waals surface area (Å²) >= 11 is 0. The van der Waals surface area contributed by atoms with E-state index < -0.39 is 21.5 Å². The summed E-state index contributed by atoms with van der Waals surface area (Å²) < 4.78 is 26.7. The van der Waals surface area contributed by atoms with E-state index in [1.165, 1.54) is 13.4 Å². The lowest BCUT2D eigenvalue weighted by atomic mass is 9.98. The van der Waals surface area contributed by atoms with Crippen LogP contribution in [-0.2, 0) is 14.6 Å². The molecule has 14 heavy (non-hydrogen) atoms. The number of aliphatic hydroxyl groups is 1. The van der Waals surface area contributed by atoms with Gasteiger partial charge in [-0.1, -0.05) is 0 Å². The van der Waals surface area contributed by atoms with Crippen molar-refractivity contribution in [2.24, 2.45) is 0 Å². The highest BCUT2D eigenvalue weighted by Crippen LogP contribution is 2.17. The molecule has 0 aromatic rings. The highest BCUT2D eigenvalue weighted by atomic mass is 32.2. The first-order chi connectivity index (χ1) is 6.19. The van der Waals surface area contributed by atoms with Crippen molar-refractivity contribution >= 4 is 9.84 Å². The zero-order valence-corrected chi connectivity index (χ0v) is 10.1. The van der Waals surface area contributed by atoms with Crippen LogP contribution < -0.4 is 0 Å². The van der Waals surface area contributed by atoms with Crippen molar-refractivity contribution < 1.29 is 18.3 Å². The van der Waals surface area contributed by atoms with Crippen molar-refractivity contribution in [2.45, 2.75) is 38.4 Å². The molecule has 0 fully saturated rings. The Labute approximate surface area is 86.2 Å². The molecular formula is C9H20O4S. The fraction of sp³-hybridized carbons (Fsp3) is 1.00. The second kappa shape index (κ2) is 5.09. The van der Waals surface area contributed by atoms with Gasteiger partial charge in [0.15, 0.2) is 0 Å². The van der Waals surface area contributed by atoms with Crippen LogP contribution in [0, 0.1) is 0 Å². The molecule has 0 radical (unpaired) electrons. The predicted octanol–water partition coefficient (Wildman–Crippen LogP) is 0.597. The zero-order valence-electron chi connectivity index (χ0n) is 9.28. The number of methoxy groups -OCH3 is 1. The fourth-order valence-corrected chi connectivity index (χ4v) is 1.71. The van der Waals surface area contributed by atoms with Gasteiger partial charge in [-0.15, -0.1) is 0 Å². The van der Waals surface area contributed by atoms with Gasteiger partial charge in [0.05, 0.1) is 11.7 Å². The fourth-order valence-electron chi connectivity index (χ4n) is 1.02. The third-order valence-corrected chi connectivity index (χ3v) is 3.35. The molecule has 0 aromatic carbocycles. The second-order valence-electron chi connectivity index (χ2n) is 4.10. The van der Waals surface area contributed by atoms with Crippen molar-refractivity contribution in [2.75, 3.05) is 19.1 Å². The van der Waals surface area contributed by atoms with Crippen molar-refractivity contribution in [3.8, 4) is 0 Å². The summed E-state index contributed by atoms with van der Waals surface area (Å²) in [5.41, 5.74) is -0.614. The van der Waals surface area contributed by atoms with Gasteiger partial charge in [0.2, 0.25) is 0 Å². The summed E-state index contributed by atoms with van der Waals surface area (Å²) in [4.78, 5) is 0. The lowest BCUT2D eigenvalue weighted by molar-refractivity contribution is -0.0800. The van der Waals surface area contributed by atoms with E-state index in [1.54, 1.807) is 13.8 Å². The first-order valence-electron chi connectivity index (χ1n) is 4.60. The van der Waals surface area contributed by atoms with Crippen molar-refractivity contribution in [1.29, 1.82) is 0 Å². The SMILES string of the molecule is COC(C)(C)C(O)CCCS(C)(=O)=O. The average Bonchev–Trinajstić information content (AvgIpc) is 2.02. The Morgan fingerprint density at radius 3 is 2.29 bits per heavy atom. The van der Waals surface area contributed by atoms with E-state index in [2.05, 4.69) is 0 Å². The van der Waals surface area contributed by atoms with Crippen molar-refractivity contribution in [3.05, 3.63) is 0 Å². The maximum atomic E-state index is 10.8. The third kappa shape index (κ3) is 5.57. The molecule has 86 valence electrons. The van der Waals surface area contributed by atoms with Gasteiger partial charge in [-0.25, -0.2) is 8.42 Å². The van der Waals surface area contributed by atoms with Crippen LogP contribution in [0.4, 0.5) is 0 Å². The molecule has 0 aliphatic heterocycles. The Kier molecular flexibility index (Phi) is 5.05. The van der Waals surface area contributed by atoms with Crippen LogP contribution in [0.1, 0.15) is 26.7 Å². The van der Waals surface area contributed by atoms with Gasteiger partial charge in [0, 0.05) is 19.1 Å². The maximum Gasteiger partial charge on any atom is 0.147 e. The molecule has 0 amide bonds. The Bertz CT molecular complexity index is 256. The molecule has 0 aromatic heterocycles. The summed E-state index contributed by atoms with van der Waals surface area (Å²) in [5.74, 6) is 0.115. The molecule has 4 nitrogen and oxygen atoms in total. The molecule has 0 aliphatic rings. The smallest absolute Gasteiger partial charge is 0.147 e. The number of rotatable bonds is 6. The van der Waals surface area contributed by atoms with Gasteiger partial charge in [-0.3, -0.25) is 0 Å². The molecule has 0 spiro atoms. The van der Waals surface area contributed by atoms with Crippen LogP contribution in [0.15, 0.2) is 0 Å². The minimum Gasteiger partial charge on any atom is -0.390 e. The standard InChI is InChI=1S/C9H20O4S/c1-9(2,13-3)8(10)6-5-7-14(4,11)12/h8,10H,5-7H2,1-4H3. The van der Waals surface area contributed by atoms with Gasteiger partial charge in [0.1, 0.15) is 9.84 Å². The first-order valence-corrected chi connectivity index (χ1v) is 6.66. The molecule has 1 N–H and O–H groups in total. The highest BCUT2D eigenvalue weighted by molar-refractivity contribution is 7.90. The Hall–Kier alpha value is -0.130. The number of sulfone groups is 1. The molecule has 1 unspecified atom stereocenters. The van der Waals surface area contributed by atoms with Crippen molar-refractivity contribution in [1.82, 2.24) is 0 Å². The Morgan fingerprint density at radius 2 is 1.93 bits per heavy atom. The van der Waals surface area contributed by atoms with Gasteiger partial charge < -0.3 is 9.84 Å². The lowest BCUT2D eigenvalue weighted by Crippen LogP contribution is -2.38. The molecular weight excluding hydrogens is 204 g/mol. The quantitative estimate of drug-likeness (QED) is 0.717. The number of hydrogen-bond acceptors (Lipinski definition) is 4. The summed E-state index contributed by atoms with van der Waals surface area (Å²) in [6.07, 6.45) is 1.47. The topological polar surface area (TPSA) is 63.6 Å². The third-order valence-electron chi connectivity index (χ3n) is 2.32. The van der Waals surface area contributed by atoms with E-state index in [1.807, 2.05) is 0 Å². The average molecular weight is 224 g/mol. The molecule has 0 saturated heterocycles. The maximum absolute atomic E-state index is 10.8. The summed E-state index contributed by atoms with van der Waals surface area (Å²) in [6, 6.07) is 0. The number of aliphatic hydroxyl groups excluding tert-OH is 1. The van der Waals surface area contributed by atoms with E-state index in [9.17, 15) is 13.5 Å². The predicted molar refractivity (Wildman–Crippen MR) is 56.0 cm³/mol. The number of ether oxygens (including phenoxy) is 1. The largest absolute Gasteiger partial charge is 0.390 e. The van der Waals surface area contributed by atoms with Crippen LogP contribution in [0.2, 0.25) is 0 Å². The highest BCUT2D eigenvalue weighted by Gasteiger charge is 2.26. The van der Waals surface area contributed by atoms with Crippen LogP contribution in [-0.4, -0.2) is 44.3 Å². The molecule has 0 aliphatic carbocycles. The molecule has 0 saturated carbocycles. The number of hydrogen-bond donors (Lipinski definition) is 1. The Balaban J connectivity index is 3.92. The normalized spacial score (nSPS) is 15.5. The minimum absolute atomic E-state index is 0.115. The Morgan fingerprint density at radius 1 is 1.43 bits per heavy atom. The second-order valence-corrected chi connectivity index (χ2v) is 6.36. The molecule has 0 rings (SSSR count). The molecule has 5 heteroatoms. The summed E-state index contributed by atoms with van der Waals surface area (Å²) in [5, 5.41) is 9.65. The molecule has 0 bridgehead atoms. The van der Waals surface area contributed by atoms with Crippen LogP contribution >= 0.6 is 0 Å². The molecule has 1 atom stereocenters. The van der Waals surface area contributed by atoms with Gasteiger partial charge in [-0.2, -0.15) is 0 Å². The van der Waals surface area contributed by atoms with Crippen LogP contribution in [0.25, 0.3) is 0 Å². The summed E-state index contributed by atoms with van der Waals surface area (Å²) in [7, 11) is -1.40. The van der Waals surface area contributed by atoms with Gasteiger partial charge in [-0.05, 0) is 26.7 Å². The minimum atomic E-state index is -2.92. The van der Waals surface area contributed by atoms with E-state index in [0.29, 0.717) is 12.8 Å². The zero-order chi connectivity index (χ0) is 11.4. The van der Waals surface area contributed by atoms with Gasteiger partial charge in [0.25, 0.3) is 0 Å². The van der Waals surface area contributed by atoms with E-state index in [-0.39, 0.29) is 5.75 Å². The van der Waals surface area contributed by atoms with Crippen molar-refractivity contribution in [3.63, 3.8) is 0 Å². The van der Waals surface area contributed by atoms with E-state index >= 15 is 0 Å². The summed E-state index contributed by atoms with van der Waals surface area (Å²) in [6.45, 7) is 3.55. The van der Waals surface area contributed by atoms with Crippen LogP contribution in [0.3, 0.4) is 0 Å². The molecule has 0 heterocycles. The van der Waals surface area contributed by atoms with E-state index in [4.69, 9.17) is 4.74 Å².